The van der Waals surface area contributed by atoms with E-state index in [4.69, 9.17) is 10.6 Å². The van der Waals surface area contributed by atoms with Crippen LogP contribution in [-0.2, 0) is 0 Å². The van der Waals surface area contributed by atoms with Gasteiger partial charge in [-0.3, -0.25) is 0 Å². The molecule has 1 fully saturated rings. The van der Waals surface area contributed by atoms with Crippen LogP contribution in [0.4, 0.5) is 4.79 Å². The molecule has 4 N–H and O–H groups in total. The maximum Gasteiger partial charge on any atom is 0.214 e. The molecule has 8 heteroatoms. The summed E-state index contributed by atoms with van der Waals surface area (Å²) in [6.45, 7) is -0.364. The Morgan fingerprint density at radius 1 is 1.65 bits per heavy atom. The van der Waals surface area contributed by atoms with E-state index < -0.39 is 24.8 Å². The Morgan fingerprint density at radius 3 is 2.71 bits per heavy atom. The van der Waals surface area contributed by atoms with Crippen LogP contribution in [-0.4, -0.2) is 41.6 Å². The van der Waals surface area contributed by atoms with Gasteiger partial charge in [-0.2, -0.15) is 0 Å². The van der Waals surface area contributed by atoms with Crippen molar-refractivity contribution in [2.45, 2.75) is 25.0 Å². The van der Waals surface area contributed by atoms with E-state index in [9.17, 15) is 15.0 Å². The summed E-state index contributed by atoms with van der Waals surface area (Å²) in [5.74, 6) is -0.0544. The fraction of sp³-hybridized carbons (Fsp3) is 0.889. The third-order valence-corrected chi connectivity index (χ3v) is 2.94. The van der Waals surface area contributed by atoms with Crippen molar-refractivity contribution in [2.75, 3.05) is 13.2 Å². The molecule has 0 unspecified atom stereocenters. The number of aliphatic hydroxyl groups excluding tert-OH is 2. The number of carbonyl (C=O) groups is 1. The van der Waals surface area contributed by atoms with Crippen molar-refractivity contribution < 1.29 is 20.1 Å². The highest BCUT2D eigenvalue weighted by atomic mass is 16.4. The second-order valence-corrected chi connectivity index (χ2v) is 4.14. The van der Waals surface area contributed by atoms with Gasteiger partial charge in [0, 0.05) is 5.92 Å². The lowest BCUT2D eigenvalue weighted by Gasteiger charge is -2.28. The van der Waals surface area contributed by atoms with E-state index in [-0.39, 0.29) is 18.4 Å². The quantitative estimate of drug-likeness (QED) is 0.310. The van der Waals surface area contributed by atoms with Gasteiger partial charge >= 0.3 is 0 Å². The lowest BCUT2D eigenvalue weighted by molar-refractivity contribution is -0.253. The molecule has 3 atom stereocenters. The molecule has 8 nitrogen and oxygen atoms in total. The summed E-state index contributed by atoms with van der Waals surface area (Å²) in [4.78, 5) is 13.2. The van der Waals surface area contributed by atoms with Crippen molar-refractivity contribution in [1.29, 1.82) is 5.53 Å². The number of carboxylic acid groups (broad SMARTS) is 1. The fourth-order valence-corrected chi connectivity index (χ4v) is 1.88. The topological polar surface area (TPSA) is 143 Å². The molecular weight excluding hydrogens is 228 g/mol. The minimum atomic E-state index is -1.54. The summed E-state index contributed by atoms with van der Waals surface area (Å²) >= 11 is 0. The second-order valence-electron chi connectivity index (χ2n) is 4.14. The number of amides is 1. The first-order valence-electron chi connectivity index (χ1n) is 5.39. The Balaban J connectivity index is 2.63. The van der Waals surface area contributed by atoms with Crippen LogP contribution in [0.25, 0.3) is 0 Å². The number of hydrogen-bond donors (Lipinski definition) is 4. The van der Waals surface area contributed by atoms with Crippen molar-refractivity contribution in [1.82, 2.24) is 10.2 Å². The summed E-state index contributed by atoms with van der Waals surface area (Å²) < 4.78 is 0. The summed E-state index contributed by atoms with van der Waals surface area (Å²) in [6, 6.07) is -0.994. The van der Waals surface area contributed by atoms with E-state index in [1.165, 1.54) is 0 Å². The Hall–Kier alpha value is -1.50. The SMILES string of the molecule is N=[N+]=NC[C@H](C1CC1)[C@@H](O)[C@@H](CO)NC(=O)[O-]. The zero-order valence-electron chi connectivity index (χ0n) is 9.24. The normalized spacial score (nSPS) is 19.9. The maximum absolute atomic E-state index is 10.4. The van der Waals surface area contributed by atoms with Gasteiger partial charge in [0.05, 0.1) is 18.8 Å². The lowest BCUT2D eigenvalue weighted by atomic mass is 9.92. The van der Waals surface area contributed by atoms with Crippen LogP contribution in [0, 0.1) is 17.4 Å². The molecule has 0 aromatic heterocycles. The standard InChI is InChI=1S/C9H16N4O4/c10-13-11-3-6(5-1-2-5)8(15)7(4-14)12-9(16)17/h5-8,10,12,14-15H,1-4H2/t6-,7-,8-/m1/s1. The van der Waals surface area contributed by atoms with Crippen LogP contribution in [0.5, 0.6) is 0 Å². The lowest BCUT2D eigenvalue weighted by Crippen LogP contribution is -2.53. The molecular formula is C9H16N4O4. The smallest absolute Gasteiger partial charge is 0.214 e. The van der Waals surface area contributed by atoms with Gasteiger partial charge in [0.15, 0.2) is 0 Å². The highest BCUT2D eigenvalue weighted by molar-refractivity contribution is 5.62. The molecule has 0 aromatic carbocycles. The van der Waals surface area contributed by atoms with E-state index in [0.29, 0.717) is 0 Å². The number of rotatable bonds is 7. The Morgan fingerprint density at radius 2 is 2.29 bits per heavy atom. The predicted octanol–water partition coefficient (Wildman–Crippen LogP) is -1.78. The Kier molecular flexibility index (Phi) is 5.02. The van der Waals surface area contributed by atoms with Gasteiger partial charge in [0.1, 0.15) is 23.3 Å². The molecule has 1 rings (SSSR count). The van der Waals surface area contributed by atoms with E-state index in [0.717, 1.165) is 12.8 Å². The van der Waals surface area contributed by atoms with Gasteiger partial charge in [-0.25, -0.2) is 0 Å². The zero-order valence-corrected chi connectivity index (χ0v) is 9.24. The van der Waals surface area contributed by atoms with Crippen molar-refractivity contribution in [3.63, 3.8) is 0 Å². The van der Waals surface area contributed by atoms with E-state index in [1.54, 1.807) is 0 Å². The second kappa shape index (κ2) is 6.29. The van der Waals surface area contributed by atoms with Gasteiger partial charge < -0.3 is 25.4 Å². The average molecular weight is 244 g/mol. The Bertz CT molecular complexity index is 314. The monoisotopic (exact) mass is 244 g/mol. The number of nitrogens with zero attached hydrogens (tertiary/aromatic N) is 2. The molecule has 0 spiro atoms. The fourth-order valence-electron chi connectivity index (χ4n) is 1.88. The van der Waals surface area contributed by atoms with Crippen molar-refractivity contribution in [2.24, 2.45) is 17.0 Å². The van der Waals surface area contributed by atoms with Gasteiger partial charge in [-0.15, -0.1) is 0 Å². The number of aliphatic hydroxyl groups is 2. The average Bonchev–Trinajstić information content (AvgIpc) is 3.10. The van der Waals surface area contributed by atoms with Gasteiger partial charge in [0.25, 0.3) is 0 Å². The van der Waals surface area contributed by atoms with E-state index in [2.05, 4.69) is 10.0 Å². The van der Waals surface area contributed by atoms with Crippen LogP contribution >= 0.6 is 0 Å². The highest BCUT2D eigenvalue weighted by Crippen LogP contribution is 2.39. The van der Waals surface area contributed by atoms with Crippen molar-refractivity contribution >= 4 is 6.09 Å². The molecule has 1 saturated carbocycles. The maximum atomic E-state index is 10.4. The van der Waals surface area contributed by atoms with E-state index >= 15 is 0 Å². The minimum absolute atomic E-state index is 0.153. The van der Waals surface area contributed by atoms with Crippen LogP contribution in [0.2, 0.25) is 0 Å². The molecule has 0 heterocycles. The summed E-state index contributed by atoms with van der Waals surface area (Å²) in [6.07, 6.45) is -0.743. The molecule has 0 bridgehead atoms. The largest absolute Gasteiger partial charge is 0.530 e. The summed E-state index contributed by atoms with van der Waals surface area (Å²) in [5.41, 5.74) is 6.57. The van der Waals surface area contributed by atoms with Crippen LogP contribution in [0.15, 0.2) is 5.11 Å². The van der Waals surface area contributed by atoms with Gasteiger partial charge in [-0.1, -0.05) is 0 Å². The minimum Gasteiger partial charge on any atom is -0.530 e. The highest BCUT2D eigenvalue weighted by Gasteiger charge is 2.39. The molecule has 0 aromatic rings. The molecule has 17 heavy (non-hydrogen) atoms. The third kappa shape index (κ3) is 4.10. The number of hydrogen-bond acceptors (Lipinski definition) is 6. The first kappa shape index (κ1) is 13.6. The molecule has 0 aliphatic heterocycles. The Labute approximate surface area is 97.9 Å². The molecule has 1 amide bonds. The van der Waals surface area contributed by atoms with Gasteiger partial charge in [-0.05, 0) is 18.8 Å². The van der Waals surface area contributed by atoms with Gasteiger partial charge in [0.2, 0.25) is 4.91 Å². The summed E-state index contributed by atoms with van der Waals surface area (Å²) in [7, 11) is 0. The molecule has 96 valence electrons. The molecule has 1 aliphatic carbocycles. The number of carbonyl (C=O) groups excluding carboxylic acids is 1. The van der Waals surface area contributed by atoms with E-state index in [1.807, 2.05) is 5.32 Å². The van der Waals surface area contributed by atoms with Crippen molar-refractivity contribution in [3.05, 3.63) is 0 Å². The first-order chi connectivity index (χ1) is 8.10. The predicted molar refractivity (Wildman–Crippen MR) is 53.8 cm³/mol. The first-order valence-corrected chi connectivity index (χ1v) is 5.39. The molecule has 0 radical (unpaired) electrons. The van der Waals surface area contributed by atoms with Crippen molar-refractivity contribution in [3.8, 4) is 0 Å². The molecule has 1 aliphatic rings. The number of nitrogens with one attached hydrogen (secondary N) is 2. The van der Waals surface area contributed by atoms with Crippen LogP contribution in [0.1, 0.15) is 12.8 Å². The molecule has 0 saturated heterocycles. The van der Waals surface area contributed by atoms with Crippen LogP contribution < -0.4 is 15.3 Å². The zero-order chi connectivity index (χ0) is 12.8. The summed E-state index contributed by atoms with van der Waals surface area (Å²) in [5, 5.41) is 34.8. The third-order valence-electron chi connectivity index (χ3n) is 2.94. The van der Waals surface area contributed by atoms with Crippen LogP contribution in [0.3, 0.4) is 0 Å².